The maximum absolute atomic E-state index is 12.2. The molecule has 1 aromatic rings. The largest absolute Gasteiger partial charge is 0.359 e. The van der Waals surface area contributed by atoms with Crippen molar-refractivity contribution in [3.63, 3.8) is 0 Å². The van der Waals surface area contributed by atoms with E-state index in [2.05, 4.69) is 21.2 Å². The molecule has 0 fully saturated rings. The number of hydrogen-bond donors (Lipinski definition) is 1. The van der Waals surface area contributed by atoms with Gasteiger partial charge < -0.3 is 5.32 Å². The van der Waals surface area contributed by atoms with Gasteiger partial charge in [0, 0.05) is 31.5 Å². The Balaban J connectivity index is 2.83. The molecule has 0 atom stereocenters. The SMILES string of the molecule is CNC(=O)CCN(C)S(=O)(=O)c1cccc(Br)c1. The molecule has 0 bridgehead atoms. The van der Waals surface area contributed by atoms with Crippen LogP contribution in [0.4, 0.5) is 0 Å². The number of nitrogens with one attached hydrogen (secondary N) is 1. The summed E-state index contributed by atoms with van der Waals surface area (Å²) in [7, 11) is -0.566. The van der Waals surface area contributed by atoms with Crippen LogP contribution in [0.1, 0.15) is 6.42 Å². The lowest BCUT2D eigenvalue weighted by Gasteiger charge is -2.16. The van der Waals surface area contributed by atoms with Crippen LogP contribution >= 0.6 is 15.9 Å². The van der Waals surface area contributed by atoms with Crippen molar-refractivity contribution in [2.75, 3.05) is 20.6 Å². The van der Waals surface area contributed by atoms with Crippen molar-refractivity contribution in [3.05, 3.63) is 28.7 Å². The van der Waals surface area contributed by atoms with E-state index < -0.39 is 10.0 Å². The van der Waals surface area contributed by atoms with Gasteiger partial charge in [-0.1, -0.05) is 22.0 Å². The topological polar surface area (TPSA) is 66.5 Å². The van der Waals surface area contributed by atoms with Crippen LogP contribution in [0.3, 0.4) is 0 Å². The van der Waals surface area contributed by atoms with Crippen molar-refractivity contribution in [1.82, 2.24) is 9.62 Å². The minimum Gasteiger partial charge on any atom is -0.359 e. The molecule has 1 N–H and O–H groups in total. The van der Waals surface area contributed by atoms with Gasteiger partial charge in [0.1, 0.15) is 0 Å². The summed E-state index contributed by atoms with van der Waals surface area (Å²) in [6.45, 7) is 0.147. The van der Waals surface area contributed by atoms with Crippen LogP contribution in [0, 0.1) is 0 Å². The standard InChI is InChI=1S/C11H15BrN2O3S/c1-13-11(15)6-7-14(2)18(16,17)10-5-3-4-9(12)8-10/h3-5,8H,6-7H2,1-2H3,(H,13,15). The normalized spacial score (nSPS) is 11.6. The van der Waals surface area contributed by atoms with Gasteiger partial charge in [-0.2, -0.15) is 0 Å². The Labute approximate surface area is 115 Å². The zero-order valence-corrected chi connectivity index (χ0v) is 12.6. The van der Waals surface area contributed by atoms with Crippen molar-refractivity contribution < 1.29 is 13.2 Å². The molecular weight excluding hydrogens is 320 g/mol. The van der Waals surface area contributed by atoms with Gasteiger partial charge in [-0.15, -0.1) is 0 Å². The van der Waals surface area contributed by atoms with Gasteiger partial charge in [-0.25, -0.2) is 12.7 Å². The van der Waals surface area contributed by atoms with Crippen molar-refractivity contribution in [2.45, 2.75) is 11.3 Å². The molecule has 0 spiro atoms. The third-order valence-corrected chi connectivity index (χ3v) is 4.78. The van der Waals surface area contributed by atoms with E-state index in [9.17, 15) is 13.2 Å². The van der Waals surface area contributed by atoms with Crippen molar-refractivity contribution >= 4 is 31.9 Å². The first-order valence-corrected chi connectivity index (χ1v) is 7.53. The molecule has 7 heteroatoms. The maximum atomic E-state index is 12.2. The van der Waals surface area contributed by atoms with Crippen molar-refractivity contribution in [2.24, 2.45) is 0 Å². The number of benzene rings is 1. The lowest BCUT2D eigenvalue weighted by Crippen LogP contribution is -2.31. The zero-order chi connectivity index (χ0) is 13.8. The van der Waals surface area contributed by atoms with Crippen LogP contribution in [0.5, 0.6) is 0 Å². The summed E-state index contributed by atoms with van der Waals surface area (Å²) in [4.78, 5) is 11.3. The molecule has 1 amide bonds. The first-order chi connectivity index (χ1) is 8.37. The van der Waals surface area contributed by atoms with Gasteiger partial charge in [-0.05, 0) is 18.2 Å². The lowest BCUT2D eigenvalue weighted by molar-refractivity contribution is -0.120. The summed E-state index contributed by atoms with van der Waals surface area (Å²) < 4.78 is 26.2. The number of amides is 1. The predicted octanol–water partition coefficient (Wildman–Crippen LogP) is 1.21. The van der Waals surface area contributed by atoms with Gasteiger partial charge >= 0.3 is 0 Å². The molecule has 0 saturated carbocycles. The lowest BCUT2D eigenvalue weighted by atomic mass is 10.4. The maximum Gasteiger partial charge on any atom is 0.242 e. The van der Waals surface area contributed by atoms with Crippen molar-refractivity contribution in [1.29, 1.82) is 0 Å². The Kier molecular flexibility index (Phi) is 5.30. The number of nitrogens with zero attached hydrogens (tertiary/aromatic N) is 1. The summed E-state index contributed by atoms with van der Waals surface area (Å²) >= 11 is 3.23. The van der Waals surface area contributed by atoms with Crippen LogP contribution in [0.2, 0.25) is 0 Å². The monoisotopic (exact) mass is 334 g/mol. The van der Waals surface area contributed by atoms with E-state index >= 15 is 0 Å². The average molecular weight is 335 g/mol. The number of hydrogen-bond acceptors (Lipinski definition) is 3. The molecule has 1 rings (SSSR count). The molecule has 1 aromatic carbocycles. The smallest absolute Gasteiger partial charge is 0.242 e. The van der Waals surface area contributed by atoms with Crippen LogP contribution in [-0.4, -0.2) is 39.3 Å². The Bertz CT molecular complexity index is 531. The summed E-state index contributed by atoms with van der Waals surface area (Å²) in [5.41, 5.74) is 0. The second-order valence-electron chi connectivity index (χ2n) is 3.71. The van der Waals surface area contributed by atoms with Gasteiger partial charge in [-0.3, -0.25) is 4.79 Å². The van der Waals surface area contributed by atoms with Crippen LogP contribution in [0.15, 0.2) is 33.6 Å². The summed E-state index contributed by atoms with van der Waals surface area (Å²) in [5.74, 6) is -0.189. The molecule has 0 aliphatic heterocycles. The van der Waals surface area contributed by atoms with Crippen LogP contribution in [-0.2, 0) is 14.8 Å². The van der Waals surface area contributed by atoms with E-state index in [-0.39, 0.29) is 23.8 Å². The highest BCUT2D eigenvalue weighted by atomic mass is 79.9. The molecule has 0 aliphatic carbocycles. The molecule has 0 aromatic heterocycles. The summed E-state index contributed by atoms with van der Waals surface area (Å²) in [6.07, 6.45) is 0.139. The van der Waals surface area contributed by atoms with Gasteiger partial charge in [0.05, 0.1) is 4.90 Å². The minimum absolute atomic E-state index is 0.139. The number of carbonyl (C=O) groups is 1. The first kappa shape index (κ1) is 15.1. The Morgan fingerprint density at radius 3 is 2.67 bits per heavy atom. The van der Waals surface area contributed by atoms with E-state index in [1.807, 2.05) is 0 Å². The Morgan fingerprint density at radius 1 is 1.44 bits per heavy atom. The molecular formula is C11H15BrN2O3S. The highest BCUT2D eigenvalue weighted by Crippen LogP contribution is 2.19. The summed E-state index contributed by atoms with van der Waals surface area (Å²) in [6, 6.07) is 6.47. The molecule has 18 heavy (non-hydrogen) atoms. The molecule has 0 saturated heterocycles. The van der Waals surface area contributed by atoms with E-state index in [0.29, 0.717) is 4.47 Å². The fourth-order valence-electron chi connectivity index (χ4n) is 1.31. The number of rotatable bonds is 5. The van der Waals surface area contributed by atoms with E-state index in [1.54, 1.807) is 12.1 Å². The number of carbonyl (C=O) groups excluding carboxylic acids is 1. The van der Waals surface area contributed by atoms with Crippen molar-refractivity contribution in [3.8, 4) is 0 Å². The minimum atomic E-state index is -3.54. The zero-order valence-electron chi connectivity index (χ0n) is 10.2. The summed E-state index contributed by atoms with van der Waals surface area (Å²) in [5, 5.41) is 2.45. The van der Waals surface area contributed by atoms with Crippen LogP contribution in [0.25, 0.3) is 0 Å². The molecule has 0 heterocycles. The molecule has 100 valence electrons. The molecule has 0 radical (unpaired) electrons. The quantitative estimate of drug-likeness (QED) is 0.879. The Hall–Kier alpha value is -0.920. The first-order valence-electron chi connectivity index (χ1n) is 5.30. The highest BCUT2D eigenvalue weighted by molar-refractivity contribution is 9.10. The second kappa shape index (κ2) is 6.31. The predicted molar refractivity (Wildman–Crippen MR) is 72.6 cm³/mol. The van der Waals surface area contributed by atoms with E-state index in [4.69, 9.17) is 0 Å². The van der Waals surface area contributed by atoms with E-state index in [1.165, 1.54) is 30.5 Å². The van der Waals surface area contributed by atoms with E-state index in [0.717, 1.165) is 0 Å². The molecule has 0 aliphatic rings. The highest BCUT2D eigenvalue weighted by Gasteiger charge is 2.21. The van der Waals surface area contributed by atoms with Gasteiger partial charge in [0.15, 0.2) is 0 Å². The fourth-order valence-corrected chi connectivity index (χ4v) is 3.08. The fraction of sp³-hybridized carbons (Fsp3) is 0.364. The number of sulfonamides is 1. The van der Waals surface area contributed by atoms with Gasteiger partial charge in [0.2, 0.25) is 15.9 Å². The molecule has 0 unspecified atom stereocenters. The Morgan fingerprint density at radius 2 is 2.11 bits per heavy atom. The third kappa shape index (κ3) is 3.79. The third-order valence-electron chi connectivity index (χ3n) is 2.44. The van der Waals surface area contributed by atoms with Gasteiger partial charge in [0.25, 0.3) is 0 Å². The molecule has 5 nitrogen and oxygen atoms in total. The van der Waals surface area contributed by atoms with Crippen LogP contribution < -0.4 is 5.32 Å². The second-order valence-corrected chi connectivity index (χ2v) is 6.67. The number of halogens is 1. The average Bonchev–Trinajstić information content (AvgIpc) is 2.35.